The molecule has 5 nitrogen and oxygen atoms in total. The maximum absolute atomic E-state index is 11.2. The van der Waals surface area contributed by atoms with E-state index in [0.29, 0.717) is 38.2 Å². The minimum Gasteiger partial charge on any atom is -0.508 e. The maximum Gasteiger partial charge on any atom is 0.305 e. The molecular weight excluding hydrogens is 258 g/mol. The molecule has 0 spiro atoms. The molecule has 2 rings (SSSR count). The van der Waals surface area contributed by atoms with Crippen molar-refractivity contribution in [3.63, 3.8) is 0 Å². The van der Waals surface area contributed by atoms with Crippen molar-refractivity contribution in [2.24, 2.45) is 5.73 Å². The third kappa shape index (κ3) is 3.63. The number of nitrogens with two attached hydrogens (primary N) is 1. The molecule has 0 saturated heterocycles. The fraction of sp³-hybridized carbons (Fsp3) is 0.533. The van der Waals surface area contributed by atoms with Crippen LogP contribution in [0.1, 0.15) is 30.9 Å². The van der Waals surface area contributed by atoms with Crippen molar-refractivity contribution < 1.29 is 19.4 Å². The monoisotopic (exact) mass is 279 g/mol. The Balaban J connectivity index is 1.84. The highest BCUT2D eigenvalue weighted by Gasteiger charge is 2.22. The molecule has 0 aliphatic heterocycles. The molecule has 20 heavy (non-hydrogen) atoms. The van der Waals surface area contributed by atoms with Crippen molar-refractivity contribution in [1.82, 2.24) is 0 Å². The summed E-state index contributed by atoms with van der Waals surface area (Å²) in [6.45, 7) is 2.61. The summed E-state index contributed by atoms with van der Waals surface area (Å²) in [4.78, 5) is 11.2. The fourth-order valence-electron chi connectivity index (χ4n) is 2.44. The van der Waals surface area contributed by atoms with Gasteiger partial charge in [0.2, 0.25) is 0 Å². The summed E-state index contributed by atoms with van der Waals surface area (Å²) in [6, 6.07) is 3.61. The number of rotatable bonds is 6. The van der Waals surface area contributed by atoms with Crippen LogP contribution < -0.4 is 10.5 Å². The van der Waals surface area contributed by atoms with Crippen molar-refractivity contribution in [3.05, 3.63) is 23.3 Å². The molecule has 1 aromatic rings. The molecule has 110 valence electrons. The van der Waals surface area contributed by atoms with E-state index in [2.05, 4.69) is 0 Å². The number of carbonyl (C=O) groups is 1. The Hall–Kier alpha value is -1.75. The molecule has 0 amide bonds. The van der Waals surface area contributed by atoms with Gasteiger partial charge in [0.15, 0.2) is 0 Å². The number of phenols is 1. The van der Waals surface area contributed by atoms with Gasteiger partial charge in [-0.05, 0) is 43.4 Å². The van der Waals surface area contributed by atoms with Crippen LogP contribution in [0.3, 0.4) is 0 Å². The molecule has 0 aromatic heterocycles. The number of ether oxygens (including phenoxy) is 2. The average molecular weight is 279 g/mol. The van der Waals surface area contributed by atoms with E-state index in [1.54, 1.807) is 13.0 Å². The van der Waals surface area contributed by atoms with Crippen molar-refractivity contribution in [2.45, 2.75) is 38.6 Å². The summed E-state index contributed by atoms with van der Waals surface area (Å²) in [6.07, 6.45) is 2.42. The highest BCUT2D eigenvalue weighted by molar-refractivity contribution is 5.69. The lowest BCUT2D eigenvalue weighted by Crippen LogP contribution is -2.19. The molecule has 1 atom stereocenters. The Bertz CT molecular complexity index is 487. The first-order valence-electron chi connectivity index (χ1n) is 6.99. The van der Waals surface area contributed by atoms with Crippen LogP contribution in [0.5, 0.6) is 11.5 Å². The third-order valence-corrected chi connectivity index (χ3v) is 3.34. The lowest BCUT2D eigenvalue weighted by Gasteiger charge is -2.09. The number of phenolic OH excluding ortho intramolecular Hbond substituents is 1. The van der Waals surface area contributed by atoms with Gasteiger partial charge in [0.1, 0.15) is 11.5 Å². The van der Waals surface area contributed by atoms with E-state index in [1.807, 2.05) is 6.07 Å². The van der Waals surface area contributed by atoms with Gasteiger partial charge in [-0.2, -0.15) is 0 Å². The number of esters is 1. The van der Waals surface area contributed by atoms with Gasteiger partial charge in [-0.1, -0.05) is 0 Å². The molecule has 1 unspecified atom stereocenters. The SMILES string of the molecule is CCOC(=O)CCCOc1cc(O)c2c(c1)CC(N)C2. The lowest BCUT2D eigenvalue weighted by atomic mass is 10.1. The molecule has 0 radical (unpaired) electrons. The Kier molecular flexibility index (Phi) is 4.84. The van der Waals surface area contributed by atoms with Crippen molar-refractivity contribution in [2.75, 3.05) is 13.2 Å². The largest absolute Gasteiger partial charge is 0.508 e. The minimum atomic E-state index is -0.209. The number of benzene rings is 1. The molecule has 0 saturated carbocycles. The summed E-state index contributed by atoms with van der Waals surface area (Å²) >= 11 is 0. The summed E-state index contributed by atoms with van der Waals surface area (Å²) in [5.41, 5.74) is 7.86. The molecule has 1 aliphatic rings. The van der Waals surface area contributed by atoms with Gasteiger partial charge in [-0.15, -0.1) is 0 Å². The quantitative estimate of drug-likeness (QED) is 0.610. The van der Waals surface area contributed by atoms with E-state index in [0.717, 1.165) is 17.5 Å². The normalized spacial score (nSPS) is 16.8. The number of carbonyl (C=O) groups excluding carboxylic acids is 1. The molecule has 0 fully saturated rings. The Morgan fingerprint density at radius 3 is 3.00 bits per heavy atom. The molecule has 3 N–H and O–H groups in total. The minimum absolute atomic E-state index is 0.0787. The van der Waals surface area contributed by atoms with Crippen LogP contribution in [-0.2, 0) is 22.4 Å². The van der Waals surface area contributed by atoms with Gasteiger partial charge in [0, 0.05) is 18.5 Å². The van der Waals surface area contributed by atoms with Gasteiger partial charge in [0.05, 0.1) is 13.2 Å². The predicted octanol–water partition coefficient (Wildman–Crippen LogP) is 1.54. The van der Waals surface area contributed by atoms with E-state index >= 15 is 0 Å². The first kappa shape index (κ1) is 14.7. The van der Waals surface area contributed by atoms with Crippen molar-refractivity contribution in [3.8, 4) is 11.5 Å². The zero-order chi connectivity index (χ0) is 14.5. The van der Waals surface area contributed by atoms with E-state index in [-0.39, 0.29) is 17.8 Å². The van der Waals surface area contributed by atoms with Crippen LogP contribution in [0.25, 0.3) is 0 Å². The van der Waals surface area contributed by atoms with Crippen molar-refractivity contribution >= 4 is 5.97 Å². The standard InChI is InChI=1S/C15H21NO4/c1-2-19-15(18)4-3-5-20-12-7-10-6-11(16)8-13(10)14(17)9-12/h7,9,11,17H,2-6,8,16H2,1H3. The fourth-order valence-corrected chi connectivity index (χ4v) is 2.44. The zero-order valence-corrected chi connectivity index (χ0v) is 11.7. The van der Waals surface area contributed by atoms with E-state index in [9.17, 15) is 9.90 Å². The highest BCUT2D eigenvalue weighted by Crippen LogP contribution is 2.33. The Labute approximate surface area is 118 Å². The first-order valence-corrected chi connectivity index (χ1v) is 6.99. The molecule has 5 heteroatoms. The number of hydrogen-bond donors (Lipinski definition) is 2. The first-order chi connectivity index (χ1) is 9.60. The van der Waals surface area contributed by atoms with E-state index in [1.165, 1.54) is 0 Å². The molecular formula is C15H21NO4. The van der Waals surface area contributed by atoms with Gasteiger partial charge in [-0.25, -0.2) is 0 Å². The molecule has 1 aliphatic carbocycles. The zero-order valence-electron chi connectivity index (χ0n) is 11.7. The lowest BCUT2D eigenvalue weighted by molar-refractivity contribution is -0.143. The van der Waals surface area contributed by atoms with Crippen molar-refractivity contribution in [1.29, 1.82) is 0 Å². The molecule has 0 bridgehead atoms. The Morgan fingerprint density at radius 1 is 1.45 bits per heavy atom. The third-order valence-electron chi connectivity index (χ3n) is 3.34. The molecule has 0 heterocycles. The summed E-state index contributed by atoms with van der Waals surface area (Å²) in [7, 11) is 0. The summed E-state index contributed by atoms with van der Waals surface area (Å²) in [5, 5.41) is 9.94. The second-order valence-corrected chi connectivity index (χ2v) is 5.01. The number of fused-ring (bicyclic) bond motifs is 1. The highest BCUT2D eigenvalue weighted by atomic mass is 16.5. The van der Waals surface area contributed by atoms with Gasteiger partial charge in [-0.3, -0.25) is 4.79 Å². The van der Waals surface area contributed by atoms with Crippen LogP contribution in [0.15, 0.2) is 12.1 Å². The van der Waals surface area contributed by atoms with E-state index in [4.69, 9.17) is 15.2 Å². The number of aromatic hydroxyl groups is 1. The topological polar surface area (TPSA) is 81.8 Å². The molecule has 1 aromatic carbocycles. The maximum atomic E-state index is 11.2. The van der Waals surface area contributed by atoms with Crippen LogP contribution in [0.4, 0.5) is 0 Å². The van der Waals surface area contributed by atoms with Gasteiger partial charge in [0.25, 0.3) is 0 Å². The van der Waals surface area contributed by atoms with E-state index < -0.39 is 0 Å². The number of hydrogen-bond acceptors (Lipinski definition) is 5. The predicted molar refractivity (Wildman–Crippen MR) is 74.9 cm³/mol. The second kappa shape index (κ2) is 6.61. The Morgan fingerprint density at radius 2 is 2.25 bits per heavy atom. The summed E-state index contributed by atoms with van der Waals surface area (Å²) in [5.74, 6) is 0.661. The second-order valence-electron chi connectivity index (χ2n) is 5.01. The van der Waals surface area contributed by atoms with Crippen LogP contribution in [0, 0.1) is 0 Å². The average Bonchev–Trinajstić information content (AvgIpc) is 2.76. The van der Waals surface area contributed by atoms with Gasteiger partial charge >= 0.3 is 5.97 Å². The van der Waals surface area contributed by atoms with Crippen LogP contribution in [0.2, 0.25) is 0 Å². The van der Waals surface area contributed by atoms with Crippen LogP contribution >= 0.6 is 0 Å². The smallest absolute Gasteiger partial charge is 0.305 e. The summed E-state index contributed by atoms with van der Waals surface area (Å²) < 4.78 is 10.4. The van der Waals surface area contributed by atoms with Crippen LogP contribution in [-0.4, -0.2) is 30.3 Å². The van der Waals surface area contributed by atoms with Gasteiger partial charge < -0.3 is 20.3 Å².